The van der Waals surface area contributed by atoms with Gasteiger partial charge in [0.25, 0.3) is 0 Å². The number of aryl methyl sites for hydroxylation is 2. The first kappa shape index (κ1) is 21.7. The predicted octanol–water partition coefficient (Wildman–Crippen LogP) is 3.55. The van der Waals surface area contributed by atoms with E-state index in [0.717, 1.165) is 62.6 Å². The van der Waals surface area contributed by atoms with Crippen LogP contribution in [0.15, 0.2) is 46.3 Å². The third-order valence-corrected chi connectivity index (χ3v) is 6.42. The maximum absolute atomic E-state index is 12.3. The Labute approximate surface area is 187 Å². The van der Waals surface area contributed by atoms with Crippen molar-refractivity contribution in [1.82, 2.24) is 19.9 Å². The second-order valence-corrected chi connectivity index (χ2v) is 8.76. The van der Waals surface area contributed by atoms with Crippen LogP contribution in [0.4, 0.5) is 5.69 Å². The SMILES string of the molecule is CCc1ccc(NC(=O)CN2CCN(CCCc3nc(-c4cccs4)no3)CC2)cc1. The van der Waals surface area contributed by atoms with Gasteiger partial charge in [0.15, 0.2) is 0 Å². The van der Waals surface area contributed by atoms with E-state index >= 15 is 0 Å². The Morgan fingerprint density at radius 1 is 1.13 bits per heavy atom. The molecule has 0 aliphatic carbocycles. The summed E-state index contributed by atoms with van der Waals surface area (Å²) in [4.78, 5) is 22.5. The molecule has 3 aromatic rings. The van der Waals surface area contributed by atoms with Crippen molar-refractivity contribution >= 4 is 22.9 Å². The fraction of sp³-hybridized carbons (Fsp3) is 0.435. The first-order valence-electron chi connectivity index (χ1n) is 10.9. The maximum atomic E-state index is 12.3. The molecule has 1 amide bonds. The number of anilines is 1. The van der Waals surface area contributed by atoms with Crippen LogP contribution < -0.4 is 5.32 Å². The number of piperazine rings is 1. The molecule has 1 aliphatic rings. The molecular formula is C23H29N5O2S. The number of hydrogen-bond donors (Lipinski definition) is 1. The zero-order valence-corrected chi connectivity index (χ0v) is 18.7. The molecular weight excluding hydrogens is 410 g/mol. The van der Waals surface area contributed by atoms with Crippen LogP contribution in [0.2, 0.25) is 0 Å². The summed E-state index contributed by atoms with van der Waals surface area (Å²) in [5.41, 5.74) is 2.14. The number of hydrogen-bond acceptors (Lipinski definition) is 7. The summed E-state index contributed by atoms with van der Waals surface area (Å²) < 4.78 is 5.37. The van der Waals surface area contributed by atoms with Crippen LogP contribution in [0, 0.1) is 0 Å². The first-order chi connectivity index (χ1) is 15.2. The molecule has 1 fully saturated rings. The molecule has 0 atom stereocenters. The van der Waals surface area contributed by atoms with E-state index in [9.17, 15) is 4.79 Å². The van der Waals surface area contributed by atoms with Crippen LogP contribution in [-0.4, -0.2) is 65.1 Å². The molecule has 2 aromatic heterocycles. The minimum atomic E-state index is 0.0515. The maximum Gasteiger partial charge on any atom is 0.238 e. The summed E-state index contributed by atoms with van der Waals surface area (Å²) in [5, 5.41) is 9.08. The molecule has 164 valence electrons. The lowest BCUT2D eigenvalue weighted by molar-refractivity contribution is -0.117. The number of carbonyl (C=O) groups is 1. The van der Waals surface area contributed by atoms with Crippen molar-refractivity contribution < 1.29 is 9.32 Å². The van der Waals surface area contributed by atoms with Crippen molar-refractivity contribution in [1.29, 1.82) is 0 Å². The number of carbonyl (C=O) groups excluding carboxylic acids is 1. The fourth-order valence-electron chi connectivity index (χ4n) is 3.71. The highest BCUT2D eigenvalue weighted by Gasteiger charge is 2.19. The number of rotatable bonds is 9. The first-order valence-corrected chi connectivity index (χ1v) is 11.8. The van der Waals surface area contributed by atoms with Gasteiger partial charge in [0.1, 0.15) is 0 Å². The van der Waals surface area contributed by atoms with Crippen molar-refractivity contribution in [3.05, 3.63) is 53.2 Å². The summed E-state index contributed by atoms with van der Waals surface area (Å²) >= 11 is 1.62. The van der Waals surface area contributed by atoms with E-state index < -0.39 is 0 Å². The van der Waals surface area contributed by atoms with Gasteiger partial charge in [-0.15, -0.1) is 11.3 Å². The van der Waals surface area contributed by atoms with E-state index in [1.807, 2.05) is 29.6 Å². The van der Waals surface area contributed by atoms with E-state index in [-0.39, 0.29) is 5.91 Å². The lowest BCUT2D eigenvalue weighted by atomic mass is 10.1. The summed E-state index contributed by atoms with van der Waals surface area (Å²) in [6.07, 6.45) is 2.78. The molecule has 3 heterocycles. The van der Waals surface area contributed by atoms with Gasteiger partial charge in [0.05, 0.1) is 11.4 Å². The zero-order valence-electron chi connectivity index (χ0n) is 17.9. The van der Waals surface area contributed by atoms with Crippen LogP contribution in [0.5, 0.6) is 0 Å². The van der Waals surface area contributed by atoms with Gasteiger partial charge in [-0.25, -0.2) is 0 Å². The number of amides is 1. The summed E-state index contributed by atoms with van der Waals surface area (Å²) in [6.45, 7) is 7.33. The van der Waals surface area contributed by atoms with Gasteiger partial charge in [-0.1, -0.05) is 30.3 Å². The quantitative estimate of drug-likeness (QED) is 0.550. The monoisotopic (exact) mass is 439 g/mol. The van der Waals surface area contributed by atoms with Crippen LogP contribution in [0.1, 0.15) is 24.8 Å². The molecule has 7 nitrogen and oxygen atoms in total. The molecule has 8 heteroatoms. The molecule has 31 heavy (non-hydrogen) atoms. The number of nitrogens with one attached hydrogen (secondary N) is 1. The second-order valence-electron chi connectivity index (χ2n) is 7.81. The van der Waals surface area contributed by atoms with Gasteiger partial charge in [-0.2, -0.15) is 4.98 Å². The van der Waals surface area contributed by atoms with Crippen molar-refractivity contribution in [3.8, 4) is 10.7 Å². The molecule has 4 rings (SSSR count). The van der Waals surface area contributed by atoms with Crippen molar-refractivity contribution in [2.24, 2.45) is 0 Å². The van der Waals surface area contributed by atoms with Crippen LogP contribution in [0.3, 0.4) is 0 Å². The third-order valence-electron chi connectivity index (χ3n) is 5.55. The summed E-state index contributed by atoms with van der Waals surface area (Å²) in [6, 6.07) is 12.1. The molecule has 1 saturated heterocycles. The molecule has 0 spiro atoms. The molecule has 1 aromatic carbocycles. The van der Waals surface area contributed by atoms with Gasteiger partial charge in [-0.3, -0.25) is 9.69 Å². The van der Waals surface area contributed by atoms with E-state index in [2.05, 4.69) is 44.3 Å². The zero-order chi connectivity index (χ0) is 21.5. The largest absolute Gasteiger partial charge is 0.339 e. The minimum absolute atomic E-state index is 0.0515. The van der Waals surface area contributed by atoms with E-state index in [0.29, 0.717) is 18.3 Å². The lowest BCUT2D eigenvalue weighted by Crippen LogP contribution is -2.48. The highest BCUT2D eigenvalue weighted by Crippen LogP contribution is 2.21. The Bertz CT molecular complexity index is 947. The van der Waals surface area contributed by atoms with Gasteiger partial charge in [0, 0.05) is 38.3 Å². The Morgan fingerprint density at radius 2 is 1.90 bits per heavy atom. The van der Waals surface area contributed by atoms with Crippen LogP contribution in [0.25, 0.3) is 10.7 Å². The second kappa shape index (κ2) is 10.7. The standard InChI is InChI=1S/C23H29N5O2S/c1-2-18-7-9-19(10-8-18)24-21(29)17-28-14-12-27(13-15-28)11-3-6-22-25-23(26-30-22)20-5-4-16-31-20/h4-5,7-10,16H,2-3,6,11-15,17H2,1H3,(H,24,29). The Hall–Kier alpha value is -2.55. The lowest BCUT2D eigenvalue weighted by Gasteiger charge is -2.34. The average molecular weight is 440 g/mol. The van der Waals surface area contributed by atoms with Gasteiger partial charge >= 0.3 is 0 Å². The highest BCUT2D eigenvalue weighted by molar-refractivity contribution is 7.13. The Balaban J connectivity index is 1.13. The fourth-order valence-corrected chi connectivity index (χ4v) is 4.36. The predicted molar refractivity (Wildman–Crippen MR) is 123 cm³/mol. The molecule has 1 N–H and O–H groups in total. The van der Waals surface area contributed by atoms with E-state index in [1.54, 1.807) is 11.3 Å². The highest BCUT2D eigenvalue weighted by atomic mass is 32.1. The van der Waals surface area contributed by atoms with Gasteiger partial charge < -0.3 is 14.7 Å². The number of nitrogens with zero attached hydrogens (tertiary/aromatic N) is 4. The van der Waals surface area contributed by atoms with Crippen molar-refractivity contribution in [2.75, 3.05) is 44.6 Å². The number of aromatic nitrogens is 2. The van der Waals surface area contributed by atoms with E-state index in [1.165, 1.54) is 5.56 Å². The molecule has 0 unspecified atom stereocenters. The van der Waals surface area contributed by atoms with Crippen LogP contribution >= 0.6 is 11.3 Å². The normalized spacial score (nSPS) is 15.3. The third kappa shape index (κ3) is 6.22. The smallest absolute Gasteiger partial charge is 0.238 e. The molecule has 0 radical (unpaired) electrons. The number of benzene rings is 1. The minimum Gasteiger partial charge on any atom is -0.339 e. The Kier molecular flexibility index (Phi) is 7.45. The summed E-state index contributed by atoms with van der Waals surface area (Å²) in [7, 11) is 0. The van der Waals surface area contributed by atoms with Crippen molar-refractivity contribution in [2.45, 2.75) is 26.2 Å². The van der Waals surface area contributed by atoms with Crippen molar-refractivity contribution in [3.63, 3.8) is 0 Å². The molecule has 1 aliphatic heterocycles. The topological polar surface area (TPSA) is 74.5 Å². The van der Waals surface area contributed by atoms with Crippen LogP contribution in [-0.2, 0) is 17.6 Å². The Morgan fingerprint density at radius 3 is 2.61 bits per heavy atom. The van der Waals surface area contributed by atoms with Gasteiger partial charge in [0.2, 0.25) is 17.6 Å². The molecule has 0 saturated carbocycles. The number of thiophene rings is 1. The molecule has 0 bridgehead atoms. The average Bonchev–Trinajstić information content (AvgIpc) is 3.47. The van der Waals surface area contributed by atoms with Gasteiger partial charge in [-0.05, 0) is 48.5 Å². The van der Waals surface area contributed by atoms with E-state index in [4.69, 9.17) is 4.52 Å². The summed E-state index contributed by atoms with van der Waals surface area (Å²) in [5.74, 6) is 1.43.